The van der Waals surface area contributed by atoms with Crippen molar-refractivity contribution in [2.24, 2.45) is 0 Å². The molecule has 0 saturated heterocycles. The van der Waals surface area contributed by atoms with Crippen molar-refractivity contribution in [3.05, 3.63) is 62.1 Å². The highest BCUT2D eigenvalue weighted by Crippen LogP contribution is 2.27. The van der Waals surface area contributed by atoms with Crippen molar-refractivity contribution in [3.63, 3.8) is 0 Å². The number of nitrogens with zero attached hydrogens (tertiary/aromatic N) is 1. The van der Waals surface area contributed by atoms with Crippen LogP contribution in [0.3, 0.4) is 0 Å². The molecule has 0 aliphatic rings. The van der Waals surface area contributed by atoms with Crippen LogP contribution in [0.1, 0.15) is 11.1 Å². The number of nitro benzene ring substituents is 1. The molecule has 0 bridgehead atoms. The molecule has 0 unspecified atom stereocenters. The van der Waals surface area contributed by atoms with Crippen molar-refractivity contribution < 1.29 is 9.66 Å². The molecule has 1 N–H and O–H groups in total. The molecule has 21 heavy (non-hydrogen) atoms. The molecule has 2 rings (SSSR count). The van der Waals surface area contributed by atoms with Crippen LogP contribution in [0, 0.1) is 17.0 Å². The molecule has 0 amide bonds. The monoisotopic (exact) mass is 350 g/mol. The van der Waals surface area contributed by atoms with E-state index in [4.69, 9.17) is 4.74 Å². The van der Waals surface area contributed by atoms with Gasteiger partial charge in [0.25, 0.3) is 5.69 Å². The van der Waals surface area contributed by atoms with E-state index < -0.39 is 4.92 Å². The van der Waals surface area contributed by atoms with Gasteiger partial charge in [-0.15, -0.1) is 0 Å². The summed E-state index contributed by atoms with van der Waals surface area (Å²) < 4.78 is 6.19. The van der Waals surface area contributed by atoms with Gasteiger partial charge in [-0.3, -0.25) is 10.1 Å². The number of hydrogen-bond acceptors (Lipinski definition) is 4. The summed E-state index contributed by atoms with van der Waals surface area (Å²) in [6.45, 7) is 2.44. The number of rotatable bonds is 5. The van der Waals surface area contributed by atoms with Gasteiger partial charge in [-0.25, -0.2) is 0 Å². The van der Waals surface area contributed by atoms with Gasteiger partial charge < -0.3 is 10.1 Å². The average Bonchev–Trinajstić information content (AvgIpc) is 2.47. The molecule has 0 atom stereocenters. The number of aryl methyl sites for hydroxylation is 1. The summed E-state index contributed by atoms with van der Waals surface area (Å²) in [4.78, 5) is 10.5. The lowest BCUT2D eigenvalue weighted by Crippen LogP contribution is -2.03. The van der Waals surface area contributed by atoms with E-state index in [-0.39, 0.29) is 5.69 Å². The Morgan fingerprint density at radius 3 is 2.71 bits per heavy atom. The van der Waals surface area contributed by atoms with Gasteiger partial charge in [-0.1, -0.05) is 6.07 Å². The first-order chi connectivity index (χ1) is 10.0. The standard InChI is InChI=1S/C15H15BrN2O3/c1-10-3-5-13(16)14(7-10)17-9-11-8-12(18(19)20)4-6-15(11)21-2/h3-8,17H,9H2,1-2H3. The Hall–Kier alpha value is -2.08. The summed E-state index contributed by atoms with van der Waals surface area (Å²) >= 11 is 3.48. The van der Waals surface area contributed by atoms with Gasteiger partial charge in [-0.2, -0.15) is 0 Å². The van der Waals surface area contributed by atoms with Crippen molar-refractivity contribution in [1.29, 1.82) is 0 Å². The zero-order chi connectivity index (χ0) is 15.4. The Labute approximate surface area is 131 Å². The Balaban J connectivity index is 2.24. The normalized spacial score (nSPS) is 10.2. The lowest BCUT2D eigenvalue weighted by atomic mass is 10.1. The van der Waals surface area contributed by atoms with Crippen LogP contribution in [-0.4, -0.2) is 12.0 Å². The molecule has 0 fully saturated rings. The predicted octanol–water partition coefficient (Wildman–Crippen LogP) is 4.29. The minimum atomic E-state index is -0.411. The van der Waals surface area contributed by atoms with E-state index in [0.29, 0.717) is 12.3 Å². The van der Waals surface area contributed by atoms with Gasteiger partial charge >= 0.3 is 0 Å². The number of methoxy groups -OCH3 is 1. The second-order valence-electron chi connectivity index (χ2n) is 4.59. The summed E-state index contributed by atoms with van der Waals surface area (Å²) in [5, 5.41) is 14.1. The largest absolute Gasteiger partial charge is 0.496 e. The summed E-state index contributed by atoms with van der Waals surface area (Å²) in [5.74, 6) is 0.622. The molecule has 0 aromatic heterocycles. The summed E-state index contributed by atoms with van der Waals surface area (Å²) in [6, 6.07) is 10.5. The SMILES string of the molecule is COc1ccc([N+](=O)[O-])cc1CNc1cc(C)ccc1Br. The Morgan fingerprint density at radius 2 is 2.05 bits per heavy atom. The van der Waals surface area contributed by atoms with Crippen molar-refractivity contribution in [2.75, 3.05) is 12.4 Å². The second kappa shape index (κ2) is 6.58. The lowest BCUT2D eigenvalue weighted by molar-refractivity contribution is -0.384. The highest BCUT2D eigenvalue weighted by atomic mass is 79.9. The van der Waals surface area contributed by atoms with Crippen LogP contribution in [0.15, 0.2) is 40.9 Å². The maximum absolute atomic E-state index is 10.9. The number of nitrogens with one attached hydrogen (secondary N) is 1. The van der Waals surface area contributed by atoms with Gasteiger partial charge in [-0.05, 0) is 46.6 Å². The lowest BCUT2D eigenvalue weighted by Gasteiger charge is -2.12. The molecule has 0 aliphatic heterocycles. The molecular weight excluding hydrogens is 336 g/mol. The van der Waals surface area contributed by atoms with E-state index in [0.717, 1.165) is 21.3 Å². The number of hydrogen-bond donors (Lipinski definition) is 1. The molecule has 0 aliphatic carbocycles. The Morgan fingerprint density at radius 1 is 1.29 bits per heavy atom. The van der Waals surface area contributed by atoms with Gasteiger partial charge in [0.2, 0.25) is 0 Å². The van der Waals surface area contributed by atoms with Crippen LogP contribution < -0.4 is 10.1 Å². The number of benzene rings is 2. The summed E-state index contributed by atoms with van der Waals surface area (Å²) in [6.07, 6.45) is 0. The number of halogens is 1. The molecule has 5 nitrogen and oxygen atoms in total. The highest BCUT2D eigenvalue weighted by Gasteiger charge is 2.11. The van der Waals surface area contributed by atoms with E-state index in [2.05, 4.69) is 21.2 Å². The average molecular weight is 351 g/mol. The molecule has 0 radical (unpaired) electrons. The maximum Gasteiger partial charge on any atom is 0.270 e. The van der Waals surface area contributed by atoms with Gasteiger partial charge in [0.1, 0.15) is 5.75 Å². The summed E-state index contributed by atoms with van der Waals surface area (Å²) in [5.41, 5.74) is 2.85. The van der Waals surface area contributed by atoms with E-state index in [1.165, 1.54) is 12.1 Å². The van der Waals surface area contributed by atoms with Crippen molar-refractivity contribution >= 4 is 27.3 Å². The van der Waals surface area contributed by atoms with E-state index in [1.807, 2.05) is 25.1 Å². The van der Waals surface area contributed by atoms with Crippen LogP contribution in [0.5, 0.6) is 5.75 Å². The van der Waals surface area contributed by atoms with E-state index in [9.17, 15) is 10.1 Å². The topological polar surface area (TPSA) is 64.4 Å². The van der Waals surface area contributed by atoms with Gasteiger partial charge in [0.15, 0.2) is 0 Å². The van der Waals surface area contributed by atoms with Crippen LogP contribution in [0.2, 0.25) is 0 Å². The molecule has 0 spiro atoms. The predicted molar refractivity (Wildman–Crippen MR) is 85.9 cm³/mol. The third-order valence-electron chi connectivity index (χ3n) is 3.07. The highest BCUT2D eigenvalue weighted by molar-refractivity contribution is 9.10. The van der Waals surface area contributed by atoms with Gasteiger partial charge in [0, 0.05) is 34.4 Å². The first kappa shape index (κ1) is 15.3. The second-order valence-corrected chi connectivity index (χ2v) is 5.44. The molecular formula is C15H15BrN2O3. The van der Waals surface area contributed by atoms with Crippen molar-refractivity contribution in [3.8, 4) is 5.75 Å². The summed E-state index contributed by atoms with van der Waals surface area (Å²) in [7, 11) is 1.55. The molecule has 2 aromatic carbocycles. The quantitative estimate of drug-likeness (QED) is 0.645. The number of anilines is 1. The smallest absolute Gasteiger partial charge is 0.270 e. The van der Waals surface area contributed by atoms with E-state index >= 15 is 0 Å². The molecule has 0 heterocycles. The minimum Gasteiger partial charge on any atom is -0.496 e. The first-order valence-corrected chi connectivity index (χ1v) is 7.12. The number of non-ortho nitro benzene ring substituents is 1. The zero-order valence-corrected chi connectivity index (χ0v) is 13.3. The minimum absolute atomic E-state index is 0.0518. The zero-order valence-electron chi connectivity index (χ0n) is 11.7. The Bertz CT molecular complexity index is 674. The number of ether oxygens (including phenoxy) is 1. The molecule has 110 valence electrons. The fourth-order valence-electron chi connectivity index (χ4n) is 1.98. The molecule has 6 heteroatoms. The van der Waals surface area contributed by atoms with Crippen LogP contribution in [0.4, 0.5) is 11.4 Å². The Kier molecular flexibility index (Phi) is 4.80. The van der Waals surface area contributed by atoms with Crippen LogP contribution in [0.25, 0.3) is 0 Å². The molecule has 2 aromatic rings. The number of nitro groups is 1. The third-order valence-corrected chi connectivity index (χ3v) is 3.76. The fraction of sp³-hybridized carbons (Fsp3) is 0.200. The van der Waals surface area contributed by atoms with Crippen LogP contribution in [-0.2, 0) is 6.54 Å². The first-order valence-electron chi connectivity index (χ1n) is 6.32. The molecule has 0 saturated carbocycles. The fourth-order valence-corrected chi connectivity index (χ4v) is 2.37. The maximum atomic E-state index is 10.9. The van der Waals surface area contributed by atoms with Crippen LogP contribution >= 0.6 is 15.9 Å². The third kappa shape index (κ3) is 3.72. The van der Waals surface area contributed by atoms with Crippen molar-refractivity contribution in [2.45, 2.75) is 13.5 Å². The van der Waals surface area contributed by atoms with E-state index in [1.54, 1.807) is 13.2 Å². The van der Waals surface area contributed by atoms with Gasteiger partial charge in [0.05, 0.1) is 12.0 Å². The van der Waals surface area contributed by atoms with Crippen molar-refractivity contribution in [1.82, 2.24) is 0 Å².